The van der Waals surface area contributed by atoms with Crippen molar-refractivity contribution in [2.45, 2.75) is 50.5 Å². The maximum absolute atomic E-state index is 2.84. The maximum atomic E-state index is 2.84. The minimum atomic E-state index is -0.0825. The van der Waals surface area contributed by atoms with Gasteiger partial charge in [-0.1, -0.05) is 159 Å². The number of para-hydroxylation sites is 3. The Morgan fingerprint density at radius 2 is 1.05 bits per heavy atom. The minimum Gasteiger partial charge on any atom is -0.335 e. The SMILES string of the molecule is CC12CCCCC1(C)N1c3cc(N(c4ccccc4)c4ccccc4)cc4c3B(c3ccc(-c5ccccc5)cc3N4c3cccc(-c4ccccc4)c3)c3cccc2c31. The second kappa shape index (κ2) is 13.4. The van der Waals surface area contributed by atoms with Crippen LogP contribution < -0.4 is 31.1 Å². The van der Waals surface area contributed by atoms with Crippen LogP contribution in [0.25, 0.3) is 22.3 Å². The molecule has 4 aliphatic rings. The first kappa shape index (κ1) is 35.2. The topological polar surface area (TPSA) is 9.72 Å². The highest BCUT2D eigenvalue weighted by Gasteiger charge is 2.61. The second-order valence-corrected chi connectivity index (χ2v) is 17.6. The fraction of sp³-hybridized carbons (Fsp3) is 0.143. The number of hydrogen-bond donors (Lipinski definition) is 0. The third-order valence-corrected chi connectivity index (χ3v) is 14.5. The molecule has 8 aromatic rings. The van der Waals surface area contributed by atoms with Gasteiger partial charge in [0, 0.05) is 45.2 Å². The molecule has 0 saturated heterocycles. The zero-order valence-electron chi connectivity index (χ0n) is 34.2. The number of hydrogen-bond acceptors (Lipinski definition) is 3. The molecule has 1 saturated carbocycles. The Kier molecular flexibility index (Phi) is 7.84. The average Bonchev–Trinajstić information content (AvgIpc) is 3.52. The van der Waals surface area contributed by atoms with E-state index in [1.165, 1.54) is 86.2 Å². The Morgan fingerprint density at radius 3 is 1.73 bits per heavy atom. The lowest BCUT2D eigenvalue weighted by atomic mass is 9.33. The van der Waals surface area contributed by atoms with Crippen LogP contribution in [0.4, 0.5) is 45.5 Å². The average molecular weight is 772 g/mol. The molecule has 8 aromatic carbocycles. The van der Waals surface area contributed by atoms with Gasteiger partial charge in [-0.3, -0.25) is 0 Å². The number of nitrogens with zero attached hydrogens (tertiary/aromatic N) is 3. The third kappa shape index (κ3) is 5.03. The molecule has 4 heteroatoms. The standard InChI is InChI=1S/C56H46BN3/c1-55-33-15-16-34-56(55,2)60-52-38-46(58(43-24-11-5-12-25-43)44-26-13-6-14-27-44)37-51-53(52)57(49-30-18-29-47(55)54(49)60)48-32-31-42(40-21-9-4-10-22-40)36-50(48)59(51)45-28-17-23-41(35-45)39-19-7-3-8-20-39/h3-14,17-32,35-38H,15-16,33-34H2,1-2H3. The molecular weight excluding hydrogens is 725 g/mol. The van der Waals surface area contributed by atoms with Gasteiger partial charge < -0.3 is 14.7 Å². The van der Waals surface area contributed by atoms with E-state index in [0.717, 1.165) is 29.2 Å². The molecule has 1 fully saturated rings. The Balaban J connectivity index is 1.20. The normalized spacial score (nSPS) is 19.3. The molecular formula is C56H46BN3. The Bertz CT molecular complexity index is 2890. The van der Waals surface area contributed by atoms with Crippen LogP contribution in [-0.4, -0.2) is 12.3 Å². The van der Waals surface area contributed by atoms with E-state index in [2.05, 4.69) is 223 Å². The molecule has 3 heterocycles. The van der Waals surface area contributed by atoms with Crippen molar-refractivity contribution in [2.75, 3.05) is 14.7 Å². The lowest BCUT2D eigenvalue weighted by molar-refractivity contribution is 0.195. The van der Waals surface area contributed by atoms with Gasteiger partial charge >= 0.3 is 0 Å². The Morgan fingerprint density at radius 1 is 0.467 bits per heavy atom. The summed E-state index contributed by atoms with van der Waals surface area (Å²) in [5.41, 5.74) is 20.3. The van der Waals surface area contributed by atoms with Crippen molar-refractivity contribution in [2.24, 2.45) is 0 Å². The van der Waals surface area contributed by atoms with Crippen LogP contribution >= 0.6 is 0 Å². The molecule has 0 aromatic heterocycles. The van der Waals surface area contributed by atoms with E-state index in [1.807, 2.05) is 0 Å². The van der Waals surface area contributed by atoms with Gasteiger partial charge in [0.05, 0.1) is 11.2 Å². The predicted octanol–water partition coefficient (Wildman–Crippen LogP) is 12.8. The first-order valence-electron chi connectivity index (χ1n) is 21.7. The molecule has 0 radical (unpaired) electrons. The summed E-state index contributed by atoms with van der Waals surface area (Å²) in [5.74, 6) is 0. The van der Waals surface area contributed by atoms with Crippen molar-refractivity contribution in [3.8, 4) is 22.3 Å². The van der Waals surface area contributed by atoms with Crippen LogP contribution in [-0.2, 0) is 5.41 Å². The molecule has 3 nitrogen and oxygen atoms in total. The van der Waals surface area contributed by atoms with Gasteiger partial charge in [0.25, 0.3) is 6.71 Å². The highest BCUT2D eigenvalue weighted by molar-refractivity contribution is 7.00. The summed E-state index contributed by atoms with van der Waals surface area (Å²) in [4.78, 5) is 7.89. The predicted molar refractivity (Wildman–Crippen MR) is 254 cm³/mol. The van der Waals surface area contributed by atoms with Crippen LogP contribution in [0.2, 0.25) is 0 Å². The lowest BCUT2D eigenvalue weighted by Gasteiger charge is -2.53. The molecule has 0 spiro atoms. The highest BCUT2D eigenvalue weighted by Crippen LogP contribution is 2.62. The van der Waals surface area contributed by atoms with Crippen LogP contribution in [0, 0.1) is 0 Å². The van der Waals surface area contributed by atoms with E-state index in [0.29, 0.717) is 0 Å². The Hall–Kier alpha value is -6.78. The molecule has 0 amide bonds. The monoisotopic (exact) mass is 771 g/mol. The summed E-state index contributed by atoms with van der Waals surface area (Å²) in [6.07, 6.45) is 4.85. The third-order valence-electron chi connectivity index (χ3n) is 14.5. The van der Waals surface area contributed by atoms with Gasteiger partial charge in [-0.25, -0.2) is 0 Å². The summed E-state index contributed by atoms with van der Waals surface area (Å²) in [6.45, 7) is 5.21. The zero-order valence-corrected chi connectivity index (χ0v) is 34.2. The van der Waals surface area contributed by atoms with E-state index in [4.69, 9.17) is 0 Å². The van der Waals surface area contributed by atoms with E-state index < -0.39 is 0 Å². The summed E-state index contributed by atoms with van der Waals surface area (Å²) in [7, 11) is 0. The largest absolute Gasteiger partial charge is 0.335 e. The number of benzene rings is 8. The molecule has 12 rings (SSSR count). The molecule has 0 N–H and O–H groups in total. The van der Waals surface area contributed by atoms with Gasteiger partial charge in [0.2, 0.25) is 0 Å². The number of anilines is 8. The molecule has 2 atom stereocenters. The fourth-order valence-electron chi connectivity index (χ4n) is 11.5. The molecule has 2 unspecified atom stereocenters. The van der Waals surface area contributed by atoms with Crippen LogP contribution in [0.15, 0.2) is 194 Å². The summed E-state index contributed by atoms with van der Waals surface area (Å²) in [6, 6.07) is 72.2. The van der Waals surface area contributed by atoms with Crippen molar-refractivity contribution in [3.05, 3.63) is 200 Å². The van der Waals surface area contributed by atoms with Gasteiger partial charge in [-0.2, -0.15) is 0 Å². The van der Waals surface area contributed by atoms with E-state index in [-0.39, 0.29) is 17.7 Å². The van der Waals surface area contributed by atoms with Crippen molar-refractivity contribution in [1.29, 1.82) is 0 Å². The van der Waals surface area contributed by atoms with Crippen molar-refractivity contribution < 1.29 is 0 Å². The molecule has 3 aliphatic heterocycles. The van der Waals surface area contributed by atoms with Gasteiger partial charge in [0.15, 0.2) is 0 Å². The molecule has 0 bridgehead atoms. The highest BCUT2D eigenvalue weighted by atomic mass is 15.3. The van der Waals surface area contributed by atoms with E-state index >= 15 is 0 Å². The van der Waals surface area contributed by atoms with Gasteiger partial charge in [-0.05, 0) is 119 Å². The Labute approximate surface area is 354 Å². The maximum Gasteiger partial charge on any atom is 0.252 e. The lowest BCUT2D eigenvalue weighted by Crippen LogP contribution is -2.64. The van der Waals surface area contributed by atoms with Gasteiger partial charge in [0.1, 0.15) is 0 Å². The van der Waals surface area contributed by atoms with Crippen molar-refractivity contribution in [3.63, 3.8) is 0 Å². The summed E-state index contributed by atoms with van der Waals surface area (Å²) < 4.78 is 0. The van der Waals surface area contributed by atoms with Crippen molar-refractivity contribution in [1.82, 2.24) is 0 Å². The molecule has 288 valence electrons. The van der Waals surface area contributed by atoms with E-state index in [9.17, 15) is 0 Å². The molecule has 60 heavy (non-hydrogen) atoms. The fourth-order valence-corrected chi connectivity index (χ4v) is 11.5. The zero-order chi connectivity index (χ0) is 40.0. The van der Waals surface area contributed by atoms with Crippen LogP contribution in [0.1, 0.15) is 45.1 Å². The number of rotatable bonds is 6. The van der Waals surface area contributed by atoms with Crippen LogP contribution in [0.5, 0.6) is 0 Å². The first-order valence-corrected chi connectivity index (χ1v) is 21.7. The van der Waals surface area contributed by atoms with E-state index in [1.54, 1.807) is 0 Å². The van der Waals surface area contributed by atoms with Gasteiger partial charge in [-0.15, -0.1) is 0 Å². The first-order chi connectivity index (χ1) is 29.5. The van der Waals surface area contributed by atoms with Crippen LogP contribution in [0.3, 0.4) is 0 Å². The quantitative estimate of drug-likeness (QED) is 0.156. The molecule has 1 aliphatic carbocycles. The minimum absolute atomic E-state index is 0.0230. The number of fused-ring (bicyclic) bond motifs is 7. The smallest absolute Gasteiger partial charge is 0.252 e. The summed E-state index contributed by atoms with van der Waals surface area (Å²) in [5, 5.41) is 0. The second-order valence-electron chi connectivity index (χ2n) is 17.6. The van der Waals surface area contributed by atoms with Crippen molar-refractivity contribution >= 4 is 68.6 Å². The summed E-state index contributed by atoms with van der Waals surface area (Å²) >= 11 is 0.